The van der Waals surface area contributed by atoms with E-state index in [4.69, 9.17) is 0 Å². The molecule has 0 atom stereocenters. The maximum absolute atomic E-state index is 13.2. The molecule has 0 aliphatic rings. The van der Waals surface area contributed by atoms with Crippen molar-refractivity contribution in [3.8, 4) is 0 Å². The highest BCUT2D eigenvalue weighted by Crippen LogP contribution is 2.14. The Hall–Kier alpha value is -1.91. The molecule has 18 heavy (non-hydrogen) atoms. The van der Waals surface area contributed by atoms with Gasteiger partial charge < -0.3 is 10.1 Å². The molecular weight excluding hydrogens is 237 g/mol. The molecule has 0 saturated carbocycles. The molecule has 0 unspecified atom stereocenters. The molecule has 0 fully saturated rings. The van der Waals surface area contributed by atoms with Gasteiger partial charge in [0.25, 0.3) is 0 Å². The summed E-state index contributed by atoms with van der Waals surface area (Å²) in [6.45, 7) is 1.89. The Morgan fingerprint density at radius 1 is 1.33 bits per heavy atom. The Morgan fingerprint density at radius 2 is 2.06 bits per heavy atom. The molecule has 98 valence electrons. The lowest BCUT2D eigenvalue weighted by atomic mass is 10.1. The number of rotatable bonds is 6. The molecule has 4 nitrogen and oxygen atoms in total. The van der Waals surface area contributed by atoms with Crippen molar-refractivity contribution in [1.29, 1.82) is 0 Å². The number of methoxy groups -OCH3 is 1. The van der Waals surface area contributed by atoms with Crippen molar-refractivity contribution in [3.63, 3.8) is 0 Å². The molecule has 0 heterocycles. The van der Waals surface area contributed by atoms with Crippen molar-refractivity contribution in [1.82, 2.24) is 0 Å². The second-order valence-corrected chi connectivity index (χ2v) is 3.89. The number of carbonyl (C=O) groups excluding carboxylic acids is 2. The zero-order chi connectivity index (χ0) is 13.5. The number of hydrogen-bond donors (Lipinski definition) is 1. The van der Waals surface area contributed by atoms with Crippen LogP contribution in [0, 0.1) is 5.82 Å². The number of hydrogen-bond acceptors (Lipinski definition) is 4. The van der Waals surface area contributed by atoms with Gasteiger partial charge in [0.1, 0.15) is 5.82 Å². The van der Waals surface area contributed by atoms with E-state index in [2.05, 4.69) is 10.1 Å². The third kappa shape index (κ3) is 4.53. The van der Waals surface area contributed by atoms with Gasteiger partial charge in [0, 0.05) is 24.2 Å². The molecule has 0 bridgehead atoms. The van der Waals surface area contributed by atoms with Crippen LogP contribution in [-0.2, 0) is 9.53 Å². The summed E-state index contributed by atoms with van der Waals surface area (Å²) in [6, 6.07) is 4.09. The first-order valence-corrected chi connectivity index (χ1v) is 5.65. The topological polar surface area (TPSA) is 55.4 Å². The van der Waals surface area contributed by atoms with Crippen molar-refractivity contribution in [2.75, 3.05) is 19.0 Å². The van der Waals surface area contributed by atoms with Crippen molar-refractivity contribution in [2.45, 2.75) is 19.8 Å². The molecule has 5 heteroatoms. The Labute approximate surface area is 105 Å². The predicted molar refractivity (Wildman–Crippen MR) is 66.1 cm³/mol. The molecular formula is C13H16FNO3. The van der Waals surface area contributed by atoms with Crippen LogP contribution in [0.2, 0.25) is 0 Å². The van der Waals surface area contributed by atoms with Crippen LogP contribution < -0.4 is 5.32 Å². The number of Topliss-reactive ketones (excluding diaryl/α,β-unsaturated/α-hetero) is 1. The van der Waals surface area contributed by atoms with Gasteiger partial charge in [-0.25, -0.2) is 4.39 Å². The Morgan fingerprint density at radius 3 is 2.67 bits per heavy atom. The van der Waals surface area contributed by atoms with Crippen molar-refractivity contribution < 1.29 is 18.7 Å². The molecule has 0 aliphatic heterocycles. The van der Waals surface area contributed by atoms with E-state index in [0.29, 0.717) is 30.6 Å². The molecule has 0 aliphatic carbocycles. The maximum atomic E-state index is 13.2. The fourth-order valence-electron chi connectivity index (χ4n) is 1.46. The molecule has 0 amide bonds. The molecule has 1 aromatic rings. The lowest BCUT2D eigenvalue weighted by Crippen LogP contribution is -2.07. The maximum Gasteiger partial charge on any atom is 0.305 e. The highest BCUT2D eigenvalue weighted by atomic mass is 19.1. The number of ketones is 1. The summed E-state index contributed by atoms with van der Waals surface area (Å²) >= 11 is 0. The zero-order valence-corrected chi connectivity index (χ0v) is 10.5. The average molecular weight is 253 g/mol. The van der Waals surface area contributed by atoms with Crippen LogP contribution in [0.15, 0.2) is 18.2 Å². The van der Waals surface area contributed by atoms with Crippen LogP contribution in [-0.4, -0.2) is 25.4 Å². The quantitative estimate of drug-likeness (QED) is 0.480. The first-order chi connectivity index (χ1) is 8.52. The van der Waals surface area contributed by atoms with Gasteiger partial charge in [-0.1, -0.05) is 0 Å². The van der Waals surface area contributed by atoms with Crippen LogP contribution in [0.5, 0.6) is 0 Å². The van der Waals surface area contributed by atoms with E-state index in [9.17, 15) is 14.0 Å². The van der Waals surface area contributed by atoms with E-state index < -0.39 is 5.82 Å². The standard InChI is InChI=1S/C13H16FNO3/c1-9(16)10-6-11(14)8-12(7-10)15-5-3-4-13(17)18-2/h6-8,15H,3-5H2,1-2H3. The van der Waals surface area contributed by atoms with Crippen molar-refractivity contribution >= 4 is 17.4 Å². The Bertz CT molecular complexity index is 446. The molecule has 0 saturated heterocycles. The largest absolute Gasteiger partial charge is 0.469 e. The molecule has 1 aromatic carbocycles. The number of halogens is 1. The van der Waals surface area contributed by atoms with E-state index in [1.54, 1.807) is 6.07 Å². The van der Waals surface area contributed by atoms with Gasteiger partial charge in [0.15, 0.2) is 5.78 Å². The highest BCUT2D eigenvalue weighted by molar-refractivity contribution is 5.94. The predicted octanol–water partition coefficient (Wildman–Crippen LogP) is 2.39. The molecule has 0 aromatic heterocycles. The number of anilines is 1. The van der Waals surface area contributed by atoms with E-state index in [-0.39, 0.29) is 11.8 Å². The van der Waals surface area contributed by atoms with Crippen LogP contribution >= 0.6 is 0 Å². The van der Waals surface area contributed by atoms with Crippen LogP contribution in [0.1, 0.15) is 30.1 Å². The van der Waals surface area contributed by atoms with Gasteiger partial charge >= 0.3 is 5.97 Å². The van der Waals surface area contributed by atoms with Gasteiger partial charge in [-0.15, -0.1) is 0 Å². The van der Waals surface area contributed by atoms with E-state index in [1.165, 1.54) is 26.2 Å². The average Bonchev–Trinajstić information content (AvgIpc) is 2.33. The fourth-order valence-corrected chi connectivity index (χ4v) is 1.46. The summed E-state index contributed by atoms with van der Waals surface area (Å²) in [7, 11) is 1.33. The SMILES string of the molecule is COC(=O)CCCNc1cc(F)cc(C(C)=O)c1. The Balaban J connectivity index is 2.52. The Kier molecular flexibility index (Phi) is 5.30. The van der Waals surface area contributed by atoms with E-state index in [1.807, 2.05) is 0 Å². The zero-order valence-electron chi connectivity index (χ0n) is 10.5. The summed E-state index contributed by atoms with van der Waals surface area (Å²) in [5, 5.41) is 2.96. The summed E-state index contributed by atoms with van der Waals surface area (Å²) in [5.74, 6) is -0.925. The van der Waals surface area contributed by atoms with Crippen molar-refractivity contribution in [2.24, 2.45) is 0 Å². The lowest BCUT2D eigenvalue weighted by Gasteiger charge is -2.07. The second-order valence-electron chi connectivity index (χ2n) is 3.89. The fraction of sp³-hybridized carbons (Fsp3) is 0.385. The summed E-state index contributed by atoms with van der Waals surface area (Å²) in [5.41, 5.74) is 0.857. The van der Waals surface area contributed by atoms with Gasteiger partial charge in [-0.2, -0.15) is 0 Å². The number of esters is 1. The second kappa shape index (κ2) is 6.74. The number of benzene rings is 1. The third-order valence-corrected chi connectivity index (χ3v) is 2.42. The minimum absolute atomic E-state index is 0.188. The lowest BCUT2D eigenvalue weighted by molar-refractivity contribution is -0.140. The van der Waals surface area contributed by atoms with E-state index in [0.717, 1.165) is 0 Å². The first-order valence-electron chi connectivity index (χ1n) is 5.65. The van der Waals surface area contributed by atoms with Crippen LogP contribution in [0.25, 0.3) is 0 Å². The van der Waals surface area contributed by atoms with Gasteiger partial charge in [-0.3, -0.25) is 9.59 Å². The summed E-state index contributed by atoms with van der Waals surface area (Å²) in [6.07, 6.45) is 0.886. The molecule has 0 spiro atoms. The van der Waals surface area contributed by atoms with Crippen molar-refractivity contribution in [3.05, 3.63) is 29.6 Å². The first kappa shape index (κ1) is 14.2. The smallest absolute Gasteiger partial charge is 0.305 e. The van der Waals surface area contributed by atoms with Gasteiger partial charge in [-0.05, 0) is 31.5 Å². The number of ether oxygens (including phenoxy) is 1. The van der Waals surface area contributed by atoms with Gasteiger partial charge in [0.05, 0.1) is 7.11 Å². The minimum Gasteiger partial charge on any atom is -0.469 e. The molecule has 0 radical (unpaired) electrons. The number of carbonyl (C=O) groups is 2. The summed E-state index contributed by atoms with van der Waals surface area (Å²) < 4.78 is 17.7. The van der Waals surface area contributed by atoms with Crippen LogP contribution in [0.4, 0.5) is 10.1 Å². The highest BCUT2D eigenvalue weighted by Gasteiger charge is 2.05. The minimum atomic E-state index is -0.460. The van der Waals surface area contributed by atoms with Gasteiger partial charge in [0.2, 0.25) is 0 Å². The summed E-state index contributed by atoms with van der Waals surface area (Å²) in [4.78, 5) is 22.0. The molecule has 1 rings (SSSR count). The third-order valence-electron chi connectivity index (χ3n) is 2.42. The van der Waals surface area contributed by atoms with Crippen LogP contribution in [0.3, 0.4) is 0 Å². The molecule has 1 N–H and O–H groups in total. The van der Waals surface area contributed by atoms with E-state index >= 15 is 0 Å². The monoisotopic (exact) mass is 253 g/mol. The normalized spacial score (nSPS) is 9.94. The number of nitrogens with one attached hydrogen (secondary N) is 1.